The molecule has 16 heteroatoms. The fraction of sp³-hybridized carbons (Fsp3) is 0.250. The van der Waals surface area contributed by atoms with Gasteiger partial charge in [0.1, 0.15) is 39.8 Å². The summed E-state index contributed by atoms with van der Waals surface area (Å²) < 4.78 is 5.25. The van der Waals surface area contributed by atoms with Crippen molar-refractivity contribution in [3.05, 3.63) is 172 Å². The number of para-hydroxylation sites is 3. The third kappa shape index (κ3) is 10.6. The molecule has 3 aliphatic rings. The number of hydrogen-bond donors (Lipinski definition) is 6. The summed E-state index contributed by atoms with van der Waals surface area (Å²) in [5.74, 6) is 7.95. The molecular formula is C64H59Cl3N12O. The number of aromatic nitrogens is 9. The molecule has 6 aromatic carbocycles. The zero-order valence-corrected chi connectivity index (χ0v) is 46.5. The summed E-state index contributed by atoms with van der Waals surface area (Å²) in [6.45, 7) is 0. The Bertz CT molecular complexity index is 4180. The first kappa shape index (κ1) is 51.5. The molecule has 6 heterocycles. The van der Waals surface area contributed by atoms with Crippen molar-refractivity contribution in [3.63, 3.8) is 0 Å². The highest BCUT2D eigenvalue weighted by atomic mass is 35.5. The minimum atomic E-state index is 0.507. The number of pyridine rings is 3. The molecule has 0 atom stereocenters. The van der Waals surface area contributed by atoms with Crippen molar-refractivity contribution in [1.29, 1.82) is 0 Å². The first-order valence-corrected chi connectivity index (χ1v) is 28.9. The average Bonchev–Trinajstić information content (AvgIpc) is 4.54. The van der Waals surface area contributed by atoms with E-state index in [1.165, 1.54) is 77.0 Å². The maximum absolute atomic E-state index is 6.17. The van der Waals surface area contributed by atoms with Crippen molar-refractivity contribution >= 4 is 135 Å². The normalized spacial score (nSPS) is 15.0. The van der Waals surface area contributed by atoms with E-state index in [2.05, 4.69) is 55.2 Å². The number of hydrogen-bond acceptors (Lipinski definition) is 10. The van der Waals surface area contributed by atoms with Crippen LogP contribution in [0.15, 0.2) is 140 Å². The first-order valence-electron chi connectivity index (χ1n) is 27.8. The summed E-state index contributed by atoms with van der Waals surface area (Å²) in [6, 6.07) is 45.6. The number of halogens is 3. The van der Waals surface area contributed by atoms with Gasteiger partial charge in [-0.1, -0.05) is 128 Å². The Morgan fingerprint density at radius 3 is 1.12 bits per heavy atom. The second-order valence-electron chi connectivity index (χ2n) is 21.2. The zero-order valence-electron chi connectivity index (χ0n) is 44.2. The molecule has 3 aliphatic carbocycles. The van der Waals surface area contributed by atoms with Crippen LogP contribution in [0, 0.1) is 0 Å². The van der Waals surface area contributed by atoms with E-state index >= 15 is 0 Å². The van der Waals surface area contributed by atoms with Crippen LogP contribution in [0.3, 0.4) is 0 Å². The molecule has 13 nitrogen and oxygen atoms in total. The predicted octanol–water partition coefficient (Wildman–Crippen LogP) is 18.5. The van der Waals surface area contributed by atoms with Crippen LogP contribution in [0.4, 0.5) is 34.5 Å². The van der Waals surface area contributed by atoms with Gasteiger partial charge >= 0.3 is 0 Å². The largest absolute Gasteiger partial charge is 0.497 e. The van der Waals surface area contributed by atoms with E-state index < -0.39 is 0 Å². The number of nitrogens with zero attached hydrogens (tertiary/aromatic N) is 6. The van der Waals surface area contributed by atoms with Crippen LogP contribution in [0.1, 0.15) is 112 Å². The highest BCUT2D eigenvalue weighted by Gasteiger charge is 2.26. The maximum atomic E-state index is 6.17. The molecule has 3 saturated carbocycles. The summed E-state index contributed by atoms with van der Waals surface area (Å²) in [7, 11) is 1.67. The van der Waals surface area contributed by atoms with Crippen molar-refractivity contribution < 1.29 is 4.74 Å². The lowest BCUT2D eigenvalue weighted by molar-refractivity contribution is 0.415. The van der Waals surface area contributed by atoms with Gasteiger partial charge in [0.05, 0.1) is 50.3 Å². The maximum Gasteiger partial charge on any atom is 0.159 e. The molecule has 0 radical (unpaired) electrons. The molecule has 0 amide bonds. The lowest BCUT2D eigenvalue weighted by Gasteiger charge is -2.09. The molecule has 0 saturated heterocycles. The number of anilines is 6. The highest BCUT2D eigenvalue weighted by Crippen LogP contribution is 2.40. The number of ether oxygens (including phenoxy) is 1. The van der Waals surface area contributed by atoms with Crippen LogP contribution in [0.25, 0.3) is 65.8 Å². The number of H-pyrrole nitrogens is 3. The van der Waals surface area contributed by atoms with Crippen molar-refractivity contribution in [1.82, 2.24) is 44.9 Å². The number of fused-ring (bicyclic) bond motifs is 9. The topological polar surface area (TPSA) is 170 Å². The van der Waals surface area contributed by atoms with E-state index in [0.717, 1.165) is 129 Å². The third-order valence-corrected chi connectivity index (χ3v) is 16.9. The van der Waals surface area contributed by atoms with Gasteiger partial charge in [0.2, 0.25) is 0 Å². The predicted molar refractivity (Wildman–Crippen MR) is 329 cm³/mol. The number of rotatable bonds is 10. The molecule has 15 rings (SSSR count). The molecule has 3 fully saturated rings. The van der Waals surface area contributed by atoms with Gasteiger partial charge in [0.15, 0.2) is 17.5 Å². The lowest BCUT2D eigenvalue weighted by Crippen LogP contribution is -1.96. The van der Waals surface area contributed by atoms with E-state index in [4.69, 9.17) is 69.4 Å². The SMILES string of the molecule is COc1ccc(Nc2nc3ccccc3c3[nH]c(C4CCCC4)nc23)cc1.Clc1ccc(Nc2nc3ccccc3c3[nH]c(C4CCCC4)nc23)cc1.Clc1ccc(Nc2nc3ccccc3c3[nH]c(C4CCCC4)nc23)cc1Cl. The van der Waals surface area contributed by atoms with Gasteiger partial charge in [0, 0.05) is 56.0 Å². The summed E-state index contributed by atoms with van der Waals surface area (Å²) in [6.07, 6.45) is 14.9. The van der Waals surface area contributed by atoms with Gasteiger partial charge in [0.25, 0.3) is 0 Å². The fourth-order valence-corrected chi connectivity index (χ4v) is 12.2. The smallest absolute Gasteiger partial charge is 0.159 e. The Kier molecular flexibility index (Phi) is 14.6. The lowest BCUT2D eigenvalue weighted by atomic mass is 10.1. The van der Waals surface area contributed by atoms with Gasteiger partial charge in [-0.3, -0.25) is 0 Å². The Morgan fingerprint density at radius 2 is 0.750 bits per heavy atom. The second kappa shape index (κ2) is 22.6. The highest BCUT2D eigenvalue weighted by molar-refractivity contribution is 6.42. The monoisotopic (exact) mass is 1120 g/mol. The van der Waals surface area contributed by atoms with Crippen molar-refractivity contribution in [2.24, 2.45) is 0 Å². The minimum absolute atomic E-state index is 0.507. The Hall–Kier alpha value is -7.97. The zero-order chi connectivity index (χ0) is 54.1. The van der Waals surface area contributed by atoms with Crippen LogP contribution in [-0.2, 0) is 0 Å². The van der Waals surface area contributed by atoms with Crippen molar-refractivity contribution in [2.75, 3.05) is 23.1 Å². The molecule has 0 aliphatic heterocycles. The summed E-state index contributed by atoms with van der Waals surface area (Å²) >= 11 is 18.2. The van der Waals surface area contributed by atoms with Gasteiger partial charge < -0.3 is 35.6 Å². The standard InChI is InChI=1S/C22H22N4O.C21H18Cl2N4.C21H19ClN4/c1-27-16-12-10-15(11-13-16)23-22-20-19(17-8-4-5-9-18(17)24-22)25-21(26-20)14-6-2-3-7-14;22-15-10-9-13(11-16(15)23)24-21-19-18(14-7-3-4-8-17(14)25-21)26-20(27-19)12-5-1-2-6-12;22-14-9-11-15(12-10-14)23-21-19-18(16-7-3-4-8-17(16)24-21)25-20(26-19)13-5-1-2-6-13/h4-5,8-14H,2-3,6-7H2,1H3,(H,23,24)(H,25,26);3-4,7-12H,1-2,5-6H2,(H,24,25)(H,26,27);3-4,7-13H,1-2,5-6H2,(H,23,24)(H,25,26). The van der Waals surface area contributed by atoms with E-state index in [-0.39, 0.29) is 0 Å². The Balaban J connectivity index is 0.000000113. The van der Waals surface area contributed by atoms with Crippen molar-refractivity contribution in [2.45, 2.75) is 94.8 Å². The molecule has 12 aromatic rings. The van der Waals surface area contributed by atoms with Crippen LogP contribution in [-0.4, -0.2) is 52.0 Å². The summed E-state index contributed by atoms with van der Waals surface area (Å²) in [5, 5.41) is 15.3. The number of imidazole rings is 3. The van der Waals surface area contributed by atoms with Crippen LogP contribution < -0.4 is 20.7 Å². The Morgan fingerprint density at radius 1 is 0.400 bits per heavy atom. The second-order valence-corrected chi connectivity index (χ2v) is 22.4. The fourth-order valence-electron chi connectivity index (χ4n) is 11.8. The summed E-state index contributed by atoms with van der Waals surface area (Å²) in [5.41, 5.74) is 11.4. The number of benzene rings is 6. The van der Waals surface area contributed by atoms with E-state index in [1.807, 2.05) is 103 Å². The van der Waals surface area contributed by atoms with E-state index in [9.17, 15) is 0 Å². The van der Waals surface area contributed by atoms with E-state index in [1.54, 1.807) is 19.2 Å². The molecule has 80 heavy (non-hydrogen) atoms. The quantitative estimate of drug-likeness (QED) is 0.0775. The average molecular weight is 1120 g/mol. The molecule has 0 unspecified atom stereocenters. The molecule has 0 bridgehead atoms. The minimum Gasteiger partial charge on any atom is -0.497 e. The number of methoxy groups -OCH3 is 1. The summed E-state index contributed by atoms with van der Waals surface area (Å²) in [4.78, 5) is 40.2. The third-order valence-electron chi connectivity index (χ3n) is 15.9. The number of nitrogens with one attached hydrogen (secondary N) is 6. The number of aromatic amines is 3. The van der Waals surface area contributed by atoms with Gasteiger partial charge in [-0.25, -0.2) is 29.9 Å². The van der Waals surface area contributed by atoms with Crippen LogP contribution >= 0.6 is 34.8 Å². The van der Waals surface area contributed by atoms with E-state index in [0.29, 0.717) is 27.8 Å². The van der Waals surface area contributed by atoms with Gasteiger partial charge in [-0.2, -0.15) is 0 Å². The molecule has 0 spiro atoms. The molecule has 402 valence electrons. The van der Waals surface area contributed by atoms with Gasteiger partial charge in [-0.05, 0) is 123 Å². The van der Waals surface area contributed by atoms with Crippen LogP contribution in [0.2, 0.25) is 15.1 Å². The Labute approximate surface area is 477 Å². The van der Waals surface area contributed by atoms with Crippen LogP contribution in [0.5, 0.6) is 5.75 Å². The van der Waals surface area contributed by atoms with Gasteiger partial charge in [-0.15, -0.1) is 0 Å². The molecular weight excluding hydrogens is 1060 g/mol. The van der Waals surface area contributed by atoms with Crippen molar-refractivity contribution in [3.8, 4) is 5.75 Å². The molecule has 6 aromatic heterocycles. The molecule has 6 N–H and O–H groups in total. The first-order chi connectivity index (χ1) is 39.3.